The summed E-state index contributed by atoms with van der Waals surface area (Å²) in [6.07, 6.45) is 2.59. The first-order valence-electron chi connectivity index (χ1n) is 11.8. The molecule has 0 saturated carbocycles. The van der Waals surface area contributed by atoms with Crippen molar-refractivity contribution in [2.45, 2.75) is 45.6 Å². The molecular weight excluding hydrogens is 480 g/mol. The molecule has 1 aromatic carbocycles. The molecule has 1 aliphatic rings. The van der Waals surface area contributed by atoms with E-state index in [0.29, 0.717) is 47.7 Å². The van der Waals surface area contributed by atoms with Crippen LogP contribution in [-0.2, 0) is 35.3 Å². The number of nitriles is 1. The number of hydrogen-bond acceptors (Lipinski definition) is 8. The molecule has 0 spiro atoms. The van der Waals surface area contributed by atoms with Crippen LogP contribution >= 0.6 is 11.3 Å². The highest BCUT2D eigenvalue weighted by molar-refractivity contribution is 7.16. The average molecular weight is 509 g/mol. The summed E-state index contributed by atoms with van der Waals surface area (Å²) in [4.78, 5) is 25.7. The number of fused-ring (bicyclic) bond motifs is 1. The number of aryl methyl sites for hydroxylation is 2. The Hall–Kier alpha value is -3.84. The first-order valence-corrected chi connectivity index (χ1v) is 12.6. The fraction of sp³-hybridized carbons (Fsp3) is 0.385. The maximum Gasteiger partial charge on any atom is 0.407 e. The molecule has 3 aromatic rings. The largest absolute Gasteiger partial charge is 0.497 e. The van der Waals surface area contributed by atoms with Crippen molar-refractivity contribution in [3.05, 3.63) is 63.4 Å². The van der Waals surface area contributed by atoms with Crippen molar-refractivity contribution in [1.29, 1.82) is 5.26 Å². The van der Waals surface area contributed by atoms with Crippen LogP contribution in [0.5, 0.6) is 5.75 Å². The Kier molecular flexibility index (Phi) is 8.23. The number of ether oxygens (including phenoxy) is 2. The molecule has 2 amide bonds. The number of alkyl carbamates (subject to hydrolysis) is 1. The van der Waals surface area contributed by atoms with E-state index in [-0.39, 0.29) is 25.0 Å². The topological polar surface area (TPSA) is 126 Å². The van der Waals surface area contributed by atoms with Crippen LogP contribution in [-0.4, -0.2) is 30.9 Å². The Morgan fingerprint density at radius 1 is 1.33 bits per heavy atom. The third-order valence-corrected chi connectivity index (χ3v) is 7.22. The van der Waals surface area contributed by atoms with Gasteiger partial charge in [-0.1, -0.05) is 17.3 Å². The molecule has 188 valence electrons. The van der Waals surface area contributed by atoms with E-state index in [1.807, 2.05) is 24.3 Å². The summed E-state index contributed by atoms with van der Waals surface area (Å²) in [6.45, 7) is 2.31. The molecule has 2 heterocycles. The van der Waals surface area contributed by atoms with Crippen LogP contribution < -0.4 is 15.4 Å². The first-order chi connectivity index (χ1) is 17.4. The zero-order valence-corrected chi connectivity index (χ0v) is 21.1. The number of benzene rings is 1. The summed E-state index contributed by atoms with van der Waals surface area (Å²) < 4.78 is 15.6. The predicted molar refractivity (Wildman–Crippen MR) is 134 cm³/mol. The van der Waals surface area contributed by atoms with Gasteiger partial charge in [-0.2, -0.15) is 5.26 Å². The van der Waals surface area contributed by atoms with Crippen molar-refractivity contribution in [2.75, 3.05) is 19.0 Å². The third kappa shape index (κ3) is 6.43. The molecule has 0 aliphatic heterocycles. The molecule has 10 heteroatoms. The number of thiophene rings is 1. The normalized spacial score (nSPS) is 14.4. The van der Waals surface area contributed by atoms with Gasteiger partial charge in [0.2, 0.25) is 5.91 Å². The lowest BCUT2D eigenvalue weighted by atomic mass is 9.88. The average Bonchev–Trinajstić information content (AvgIpc) is 3.46. The Morgan fingerprint density at radius 2 is 2.19 bits per heavy atom. The van der Waals surface area contributed by atoms with Gasteiger partial charge in [0.15, 0.2) is 0 Å². The molecule has 0 fully saturated rings. The van der Waals surface area contributed by atoms with E-state index in [1.54, 1.807) is 20.1 Å². The van der Waals surface area contributed by atoms with Crippen LogP contribution in [0.3, 0.4) is 0 Å². The number of methoxy groups -OCH3 is 1. The number of nitrogens with zero attached hydrogens (tertiary/aromatic N) is 2. The fourth-order valence-electron chi connectivity index (χ4n) is 4.19. The van der Waals surface area contributed by atoms with Gasteiger partial charge in [0.1, 0.15) is 28.3 Å². The quantitative estimate of drug-likeness (QED) is 0.435. The van der Waals surface area contributed by atoms with Crippen molar-refractivity contribution in [1.82, 2.24) is 10.5 Å². The number of anilines is 1. The first kappa shape index (κ1) is 25.3. The number of hydrogen-bond donors (Lipinski definition) is 2. The van der Waals surface area contributed by atoms with Crippen molar-refractivity contribution in [2.24, 2.45) is 5.92 Å². The van der Waals surface area contributed by atoms with Gasteiger partial charge in [-0.25, -0.2) is 4.79 Å². The van der Waals surface area contributed by atoms with Crippen molar-refractivity contribution >= 4 is 28.3 Å². The second-order valence-electron chi connectivity index (χ2n) is 8.71. The molecule has 9 nitrogen and oxygen atoms in total. The van der Waals surface area contributed by atoms with Crippen LogP contribution in [0.15, 0.2) is 34.9 Å². The second kappa shape index (κ2) is 11.7. The zero-order chi connectivity index (χ0) is 25.5. The molecule has 1 unspecified atom stereocenters. The SMILES string of the molecule is COc1cccc(CCC(=O)Nc2sc3c(c2C#N)CCC(COC(=O)NCc2cc(C)on2)C3)c1. The van der Waals surface area contributed by atoms with E-state index in [0.717, 1.165) is 28.2 Å². The van der Waals surface area contributed by atoms with Crippen molar-refractivity contribution in [3.63, 3.8) is 0 Å². The molecule has 0 radical (unpaired) electrons. The summed E-state index contributed by atoms with van der Waals surface area (Å²) in [5, 5.41) is 19.8. The van der Waals surface area contributed by atoms with Crippen LogP contribution in [0.1, 0.15) is 45.9 Å². The Bertz CT molecular complexity index is 1280. The minimum Gasteiger partial charge on any atom is -0.497 e. The van der Waals surface area contributed by atoms with Crippen LogP contribution in [0.4, 0.5) is 9.80 Å². The molecule has 0 bridgehead atoms. The third-order valence-electron chi connectivity index (χ3n) is 6.05. The Morgan fingerprint density at radius 3 is 2.94 bits per heavy atom. The summed E-state index contributed by atoms with van der Waals surface area (Å²) in [5.74, 6) is 1.45. The zero-order valence-electron chi connectivity index (χ0n) is 20.3. The number of carbonyl (C=O) groups excluding carboxylic acids is 2. The Balaban J connectivity index is 1.28. The van der Waals surface area contributed by atoms with E-state index < -0.39 is 6.09 Å². The number of aromatic nitrogens is 1. The molecule has 2 aromatic heterocycles. The van der Waals surface area contributed by atoms with Crippen LogP contribution in [0.2, 0.25) is 0 Å². The molecule has 2 N–H and O–H groups in total. The summed E-state index contributed by atoms with van der Waals surface area (Å²) in [5.41, 5.74) is 3.18. The van der Waals surface area contributed by atoms with Gasteiger partial charge in [-0.15, -0.1) is 11.3 Å². The van der Waals surface area contributed by atoms with Gasteiger partial charge in [0.05, 0.1) is 25.8 Å². The molecule has 36 heavy (non-hydrogen) atoms. The van der Waals surface area contributed by atoms with Gasteiger partial charge in [-0.3, -0.25) is 4.79 Å². The highest BCUT2D eigenvalue weighted by atomic mass is 32.1. The minimum atomic E-state index is -0.505. The van der Waals surface area contributed by atoms with Crippen molar-refractivity contribution in [3.8, 4) is 11.8 Å². The fourth-order valence-corrected chi connectivity index (χ4v) is 5.51. The van der Waals surface area contributed by atoms with Gasteiger partial charge in [-0.05, 0) is 61.8 Å². The van der Waals surface area contributed by atoms with Gasteiger partial charge >= 0.3 is 6.09 Å². The van der Waals surface area contributed by atoms with Crippen molar-refractivity contribution < 1.29 is 23.6 Å². The lowest BCUT2D eigenvalue weighted by Crippen LogP contribution is -2.27. The molecular formula is C26H28N4O5S. The number of rotatable bonds is 9. The highest BCUT2D eigenvalue weighted by Gasteiger charge is 2.27. The van der Waals surface area contributed by atoms with Gasteiger partial charge in [0, 0.05) is 17.4 Å². The van der Waals surface area contributed by atoms with Gasteiger partial charge in [0.25, 0.3) is 0 Å². The number of nitrogens with one attached hydrogen (secondary N) is 2. The lowest BCUT2D eigenvalue weighted by molar-refractivity contribution is -0.116. The highest BCUT2D eigenvalue weighted by Crippen LogP contribution is 2.39. The van der Waals surface area contributed by atoms with Crippen LogP contribution in [0.25, 0.3) is 0 Å². The van der Waals surface area contributed by atoms with Crippen LogP contribution in [0, 0.1) is 24.2 Å². The van der Waals surface area contributed by atoms with E-state index >= 15 is 0 Å². The molecule has 1 aliphatic carbocycles. The molecule has 4 rings (SSSR count). The minimum absolute atomic E-state index is 0.133. The lowest BCUT2D eigenvalue weighted by Gasteiger charge is -2.21. The number of carbonyl (C=O) groups is 2. The van der Waals surface area contributed by atoms with E-state index in [4.69, 9.17) is 14.0 Å². The standard InChI is InChI=1S/C26H28N4O5S/c1-16-10-19(30-35-16)14-28-26(32)34-15-18-6-8-21-22(13-27)25(36-23(21)12-18)29-24(31)9-7-17-4-3-5-20(11-17)33-2/h3-5,10-11,18H,6-9,12,14-15H2,1-2H3,(H,28,32)(H,29,31). The summed E-state index contributed by atoms with van der Waals surface area (Å²) >= 11 is 1.44. The maximum atomic E-state index is 12.6. The van der Waals surface area contributed by atoms with E-state index in [2.05, 4.69) is 21.9 Å². The molecule has 0 saturated heterocycles. The summed E-state index contributed by atoms with van der Waals surface area (Å²) in [6, 6.07) is 11.6. The number of amides is 2. The molecule has 1 atom stereocenters. The Labute approximate surface area is 213 Å². The summed E-state index contributed by atoms with van der Waals surface area (Å²) in [7, 11) is 1.61. The second-order valence-corrected chi connectivity index (χ2v) is 9.81. The van der Waals surface area contributed by atoms with E-state index in [9.17, 15) is 14.9 Å². The monoisotopic (exact) mass is 508 g/mol. The maximum absolute atomic E-state index is 12.6. The smallest absolute Gasteiger partial charge is 0.407 e. The predicted octanol–water partition coefficient (Wildman–Crippen LogP) is 4.53. The van der Waals surface area contributed by atoms with Gasteiger partial charge < -0.3 is 24.6 Å². The van der Waals surface area contributed by atoms with E-state index in [1.165, 1.54) is 11.3 Å².